The predicted octanol–water partition coefficient (Wildman–Crippen LogP) is 1.48. The maximum Gasteiger partial charge on any atom is 0.257 e. The second-order valence-corrected chi connectivity index (χ2v) is 8.32. The smallest absolute Gasteiger partial charge is 0.257 e. The summed E-state index contributed by atoms with van der Waals surface area (Å²) in [6.45, 7) is 0.382. The summed E-state index contributed by atoms with van der Waals surface area (Å²) in [4.78, 5) is 13.9. The lowest BCUT2D eigenvalue weighted by atomic mass is 10.1. The Bertz CT molecular complexity index is 634. The predicted molar refractivity (Wildman–Crippen MR) is 82.9 cm³/mol. The Morgan fingerprint density at radius 1 is 1.50 bits per heavy atom. The molecule has 1 atom stereocenters. The minimum Gasteiger partial charge on any atom is -0.397 e. The molecule has 1 unspecified atom stereocenters. The van der Waals surface area contributed by atoms with Crippen molar-refractivity contribution in [1.82, 2.24) is 4.90 Å². The number of amides is 1. The first-order valence-corrected chi connectivity index (χ1v) is 9.42. The van der Waals surface area contributed by atoms with E-state index in [-0.39, 0.29) is 22.2 Å². The molecule has 1 saturated heterocycles. The Kier molecular flexibility index (Phi) is 4.51. The molecular weight excluding hydrogens is 320 g/mol. The zero-order chi connectivity index (χ0) is 14.9. The molecule has 1 aliphatic heterocycles. The van der Waals surface area contributed by atoms with Gasteiger partial charge in [0.05, 0.1) is 16.3 Å². The molecule has 1 aliphatic rings. The van der Waals surface area contributed by atoms with Crippen molar-refractivity contribution in [1.29, 1.82) is 0 Å². The number of nitrogens with two attached hydrogens (primary N) is 1. The Morgan fingerprint density at radius 2 is 2.20 bits per heavy atom. The summed E-state index contributed by atoms with van der Waals surface area (Å²) in [5.74, 6) is 0.698. The lowest BCUT2D eigenvalue weighted by Gasteiger charge is -2.34. The molecule has 1 aromatic carbocycles. The van der Waals surface area contributed by atoms with E-state index < -0.39 is 15.2 Å². The highest BCUT2D eigenvalue weighted by Gasteiger charge is 2.35. The second kappa shape index (κ2) is 5.83. The van der Waals surface area contributed by atoms with Gasteiger partial charge in [-0.3, -0.25) is 4.79 Å². The number of anilines is 1. The van der Waals surface area contributed by atoms with Crippen LogP contribution in [0.3, 0.4) is 0 Å². The summed E-state index contributed by atoms with van der Waals surface area (Å²) < 4.78 is 23.6. The van der Waals surface area contributed by atoms with Crippen LogP contribution in [0.5, 0.6) is 0 Å². The number of benzene rings is 1. The van der Waals surface area contributed by atoms with E-state index in [0.717, 1.165) is 6.26 Å². The number of nitrogens with zero attached hydrogens (tertiary/aromatic N) is 1. The third-order valence-electron chi connectivity index (χ3n) is 3.12. The maximum atomic E-state index is 12.5. The Morgan fingerprint density at radius 3 is 2.85 bits per heavy atom. The average Bonchev–Trinajstić information content (AvgIpc) is 2.40. The summed E-state index contributed by atoms with van der Waals surface area (Å²) in [5.41, 5.74) is 6.24. The van der Waals surface area contributed by atoms with Gasteiger partial charge in [-0.15, -0.1) is 0 Å². The van der Waals surface area contributed by atoms with Crippen LogP contribution in [0.1, 0.15) is 10.4 Å². The molecule has 8 heteroatoms. The minimum absolute atomic E-state index is 0.185. The summed E-state index contributed by atoms with van der Waals surface area (Å²) in [7, 11) is -3.34. The molecule has 20 heavy (non-hydrogen) atoms. The zero-order valence-electron chi connectivity index (χ0n) is 10.9. The molecule has 5 nitrogen and oxygen atoms in total. The van der Waals surface area contributed by atoms with Crippen molar-refractivity contribution in [2.45, 2.75) is 5.37 Å². The normalized spacial score (nSPS) is 19.9. The number of sulfone groups is 1. The molecule has 1 amide bonds. The van der Waals surface area contributed by atoms with Gasteiger partial charge in [0.1, 0.15) is 5.37 Å². The van der Waals surface area contributed by atoms with Crippen molar-refractivity contribution < 1.29 is 13.2 Å². The first kappa shape index (κ1) is 15.5. The standard InChI is InChI=1S/C12H15ClN2O3S2/c1-20(17,18)10-7-19-6-5-15(10)12(16)8-3-2-4-9(13)11(8)14/h2-4,10H,5-7,14H2,1H3. The number of carbonyl (C=O) groups excluding carboxylic acids is 1. The molecule has 110 valence electrons. The van der Waals surface area contributed by atoms with Crippen molar-refractivity contribution in [3.8, 4) is 0 Å². The lowest BCUT2D eigenvalue weighted by Crippen LogP contribution is -2.50. The number of hydrogen-bond donors (Lipinski definition) is 1. The van der Waals surface area contributed by atoms with E-state index in [1.165, 1.54) is 16.7 Å². The van der Waals surface area contributed by atoms with Crippen molar-refractivity contribution >= 4 is 44.8 Å². The molecule has 1 heterocycles. The monoisotopic (exact) mass is 334 g/mol. The maximum absolute atomic E-state index is 12.5. The fourth-order valence-electron chi connectivity index (χ4n) is 2.05. The van der Waals surface area contributed by atoms with E-state index in [0.29, 0.717) is 18.1 Å². The summed E-state index contributed by atoms with van der Waals surface area (Å²) in [6, 6.07) is 4.78. The summed E-state index contributed by atoms with van der Waals surface area (Å²) in [6.07, 6.45) is 1.14. The molecule has 0 spiro atoms. The van der Waals surface area contributed by atoms with Gasteiger partial charge in [-0.25, -0.2) is 8.42 Å². The second-order valence-electron chi connectivity index (χ2n) is 4.56. The van der Waals surface area contributed by atoms with E-state index in [1.807, 2.05) is 0 Å². The molecule has 0 bridgehead atoms. The van der Waals surface area contributed by atoms with Gasteiger partial charge < -0.3 is 10.6 Å². The molecular formula is C12H15ClN2O3S2. The molecule has 2 rings (SSSR count). The van der Waals surface area contributed by atoms with Gasteiger partial charge in [0.25, 0.3) is 5.91 Å². The molecule has 0 radical (unpaired) electrons. The van der Waals surface area contributed by atoms with Gasteiger partial charge >= 0.3 is 0 Å². The molecule has 1 fully saturated rings. The van der Waals surface area contributed by atoms with Crippen LogP contribution >= 0.6 is 23.4 Å². The fourth-order valence-corrected chi connectivity index (χ4v) is 5.04. The van der Waals surface area contributed by atoms with Crippen LogP contribution in [-0.4, -0.2) is 48.9 Å². The SMILES string of the molecule is CS(=O)(=O)C1CSCCN1C(=O)c1cccc(Cl)c1N. The average molecular weight is 335 g/mol. The third-order valence-corrected chi connectivity index (χ3v) is 6.10. The fraction of sp³-hybridized carbons (Fsp3) is 0.417. The third kappa shape index (κ3) is 3.05. The molecule has 2 N–H and O–H groups in total. The first-order chi connectivity index (χ1) is 9.32. The summed E-state index contributed by atoms with van der Waals surface area (Å²) >= 11 is 7.43. The van der Waals surface area contributed by atoms with Gasteiger partial charge in [-0.2, -0.15) is 11.8 Å². The molecule has 1 aromatic rings. The van der Waals surface area contributed by atoms with Gasteiger partial charge in [0.2, 0.25) is 0 Å². The Labute approximate surface area is 127 Å². The number of para-hydroxylation sites is 1. The van der Waals surface area contributed by atoms with Crippen LogP contribution in [-0.2, 0) is 9.84 Å². The number of rotatable bonds is 2. The van der Waals surface area contributed by atoms with Crippen molar-refractivity contribution in [2.75, 3.05) is 30.0 Å². The highest BCUT2D eigenvalue weighted by Crippen LogP contribution is 2.27. The molecule has 0 aliphatic carbocycles. The zero-order valence-corrected chi connectivity index (χ0v) is 13.3. The van der Waals surface area contributed by atoms with Crippen LogP contribution in [0.2, 0.25) is 5.02 Å². The van der Waals surface area contributed by atoms with E-state index in [4.69, 9.17) is 17.3 Å². The van der Waals surface area contributed by atoms with Crippen molar-refractivity contribution in [3.63, 3.8) is 0 Å². The van der Waals surface area contributed by atoms with Gasteiger partial charge in [-0.1, -0.05) is 17.7 Å². The molecule has 0 aromatic heterocycles. The van der Waals surface area contributed by atoms with E-state index in [1.54, 1.807) is 18.2 Å². The first-order valence-electron chi connectivity index (χ1n) is 5.94. The van der Waals surface area contributed by atoms with Crippen LogP contribution in [0, 0.1) is 0 Å². The Balaban J connectivity index is 2.38. The highest BCUT2D eigenvalue weighted by molar-refractivity contribution is 8.00. The number of hydrogen-bond acceptors (Lipinski definition) is 5. The van der Waals surface area contributed by atoms with Gasteiger partial charge in [-0.05, 0) is 12.1 Å². The van der Waals surface area contributed by atoms with Gasteiger partial charge in [0.15, 0.2) is 9.84 Å². The number of nitrogen functional groups attached to an aromatic ring is 1. The largest absolute Gasteiger partial charge is 0.397 e. The number of thioether (sulfide) groups is 1. The van der Waals surface area contributed by atoms with Crippen LogP contribution < -0.4 is 5.73 Å². The molecule has 0 saturated carbocycles. The lowest BCUT2D eigenvalue weighted by molar-refractivity contribution is 0.0750. The van der Waals surface area contributed by atoms with Crippen LogP contribution in [0.15, 0.2) is 18.2 Å². The number of carbonyl (C=O) groups is 1. The highest BCUT2D eigenvalue weighted by atomic mass is 35.5. The summed E-state index contributed by atoms with van der Waals surface area (Å²) in [5, 5.41) is -0.523. The van der Waals surface area contributed by atoms with Gasteiger partial charge in [0, 0.05) is 24.3 Å². The Hall–Kier alpha value is -0.920. The minimum atomic E-state index is -3.34. The quantitative estimate of drug-likeness (QED) is 0.829. The van der Waals surface area contributed by atoms with E-state index in [2.05, 4.69) is 0 Å². The number of halogens is 1. The van der Waals surface area contributed by atoms with E-state index >= 15 is 0 Å². The van der Waals surface area contributed by atoms with Crippen molar-refractivity contribution in [2.24, 2.45) is 0 Å². The van der Waals surface area contributed by atoms with Crippen LogP contribution in [0.4, 0.5) is 5.69 Å². The van der Waals surface area contributed by atoms with Crippen molar-refractivity contribution in [3.05, 3.63) is 28.8 Å². The topological polar surface area (TPSA) is 80.5 Å². The van der Waals surface area contributed by atoms with Crippen LogP contribution in [0.25, 0.3) is 0 Å². The van der Waals surface area contributed by atoms with E-state index in [9.17, 15) is 13.2 Å².